The van der Waals surface area contributed by atoms with E-state index < -0.39 is 0 Å². The molecule has 0 amide bonds. The number of rotatable bonds is 6. The molecule has 0 unspecified atom stereocenters. The summed E-state index contributed by atoms with van der Waals surface area (Å²) in [6.45, 7) is 11.9. The first kappa shape index (κ1) is 26.2. The quantitative estimate of drug-likeness (QED) is 0.399. The second-order valence-corrected chi connectivity index (χ2v) is 4.30. The van der Waals surface area contributed by atoms with Crippen LogP contribution in [0.2, 0.25) is 0 Å². The third-order valence-electron chi connectivity index (χ3n) is 2.87. The summed E-state index contributed by atoms with van der Waals surface area (Å²) in [7, 11) is 1.98. The molecule has 0 aliphatic carbocycles. The fourth-order valence-electron chi connectivity index (χ4n) is 1.57. The van der Waals surface area contributed by atoms with E-state index >= 15 is 0 Å². The van der Waals surface area contributed by atoms with Crippen molar-refractivity contribution in [1.82, 2.24) is 9.88 Å². The standard InChI is InChI=1S/C18H21N2.2CH3.Pt/c1-6-8-11-16(4)20(5)17(7-2)14-15(3)18-12-9-10-13-19-18;;;/h6-13H,2-3H2,1,4-5H3;2*1H3;/q3*-1;/b8-6-,16-11+;;;. The van der Waals surface area contributed by atoms with Gasteiger partial charge in [-0.3, -0.25) is 0 Å². The normalized spacial score (nSPS) is 10.9. The molecule has 130 valence electrons. The van der Waals surface area contributed by atoms with Crippen LogP contribution in [0.1, 0.15) is 19.5 Å². The number of likely N-dealkylation sites (N-methyl/N-ethyl adjacent to an activating group) is 1. The van der Waals surface area contributed by atoms with Crippen LogP contribution in [0.3, 0.4) is 0 Å². The summed E-state index contributed by atoms with van der Waals surface area (Å²) >= 11 is 0. The molecule has 0 aliphatic heterocycles. The Labute approximate surface area is 157 Å². The van der Waals surface area contributed by atoms with Crippen LogP contribution in [0.15, 0.2) is 73.3 Å². The van der Waals surface area contributed by atoms with E-state index in [0.717, 1.165) is 22.7 Å². The van der Waals surface area contributed by atoms with E-state index in [4.69, 9.17) is 0 Å². The van der Waals surface area contributed by atoms with Crippen molar-refractivity contribution in [2.24, 2.45) is 0 Å². The summed E-state index contributed by atoms with van der Waals surface area (Å²) in [4.78, 5) is 6.28. The fraction of sp³-hybridized carbons (Fsp3) is 0.150. The molecule has 1 aromatic rings. The Morgan fingerprint density at radius 2 is 1.96 bits per heavy atom. The van der Waals surface area contributed by atoms with Gasteiger partial charge < -0.3 is 24.7 Å². The molecule has 0 N–H and O–H groups in total. The molecule has 23 heavy (non-hydrogen) atoms. The van der Waals surface area contributed by atoms with Crippen molar-refractivity contribution in [3.8, 4) is 0 Å². The zero-order valence-corrected chi connectivity index (χ0v) is 17.0. The maximum Gasteiger partial charge on any atom is 0.0160 e. The SMILES string of the molecule is C=CC(=[C-]C(=C)c1ccccn1)N(C)/C(C)=C/C=C\C.[CH3-].[CH3-].[Pt]. The van der Waals surface area contributed by atoms with Crippen molar-refractivity contribution in [1.29, 1.82) is 0 Å². The summed E-state index contributed by atoms with van der Waals surface area (Å²) < 4.78 is 0. The minimum absolute atomic E-state index is 0. The van der Waals surface area contributed by atoms with Crippen molar-refractivity contribution in [3.05, 3.63) is 99.9 Å². The first-order valence-corrected chi connectivity index (χ1v) is 6.50. The molecule has 2 nitrogen and oxygen atoms in total. The average Bonchev–Trinajstić information content (AvgIpc) is 2.50. The number of hydrogen-bond acceptors (Lipinski definition) is 2. The molecule has 0 aliphatic rings. The van der Waals surface area contributed by atoms with Gasteiger partial charge in [-0.1, -0.05) is 24.3 Å². The van der Waals surface area contributed by atoms with E-state index in [0.29, 0.717) is 0 Å². The van der Waals surface area contributed by atoms with Gasteiger partial charge in [0, 0.05) is 40.0 Å². The predicted octanol–water partition coefficient (Wildman–Crippen LogP) is 5.28. The van der Waals surface area contributed by atoms with Gasteiger partial charge in [-0.2, -0.15) is 6.58 Å². The first-order chi connectivity index (χ1) is 9.60. The molecule has 1 aromatic heterocycles. The Bertz CT molecular complexity index is 554. The molecule has 1 heterocycles. The third kappa shape index (κ3) is 8.52. The summed E-state index contributed by atoms with van der Waals surface area (Å²) in [5, 5.41) is 0. The molecule has 0 radical (unpaired) electrons. The van der Waals surface area contributed by atoms with Crippen molar-refractivity contribution in [2.45, 2.75) is 13.8 Å². The molecule has 0 spiro atoms. The number of allylic oxidation sites excluding steroid dienone is 7. The van der Waals surface area contributed by atoms with E-state index in [1.165, 1.54) is 0 Å². The largest absolute Gasteiger partial charge is 0.366 e. The Kier molecular flexibility index (Phi) is 15.9. The van der Waals surface area contributed by atoms with Crippen LogP contribution >= 0.6 is 0 Å². The van der Waals surface area contributed by atoms with Crippen LogP contribution in [0.25, 0.3) is 5.57 Å². The molecular weight excluding hydrogens is 463 g/mol. The molecule has 0 fully saturated rings. The fourth-order valence-corrected chi connectivity index (χ4v) is 1.57. The van der Waals surface area contributed by atoms with Crippen LogP contribution in [0.5, 0.6) is 0 Å². The minimum Gasteiger partial charge on any atom is -0.366 e. The van der Waals surface area contributed by atoms with E-state index in [-0.39, 0.29) is 35.9 Å². The van der Waals surface area contributed by atoms with Crippen molar-refractivity contribution in [3.63, 3.8) is 0 Å². The van der Waals surface area contributed by atoms with E-state index in [9.17, 15) is 0 Å². The smallest absolute Gasteiger partial charge is 0.0160 e. The van der Waals surface area contributed by atoms with Gasteiger partial charge in [-0.25, -0.2) is 0 Å². The van der Waals surface area contributed by atoms with E-state index in [2.05, 4.69) is 24.2 Å². The zero-order valence-electron chi connectivity index (χ0n) is 14.7. The van der Waals surface area contributed by atoms with Gasteiger partial charge in [0.2, 0.25) is 0 Å². The van der Waals surface area contributed by atoms with Gasteiger partial charge in [0.25, 0.3) is 0 Å². The Balaban J connectivity index is -0.00000133. The first-order valence-electron chi connectivity index (χ1n) is 6.50. The average molecular weight is 491 g/mol. The van der Waals surface area contributed by atoms with Gasteiger partial charge in [0.05, 0.1) is 0 Å². The van der Waals surface area contributed by atoms with Crippen molar-refractivity contribution in [2.75, 3.05) is 7.05 Å². The number of nitrogens with zero attached hydrogens (tertiary/aromatic N) is 2. The zero-order chi connectivity index (χ0) is 15.0. The van der Waals surface area contributed by atoms with Gasteiger partial charge >= 0.3 is 0 Å². The van der Waals surface area contributed by atoms with Crippen molar-refractivity contribution < 1.29 is 21.1 Å². The number of aromatic nitrogens is 1. The van der Waals surface area contributed by atoms with Gasteiger partial charge in [-0.05, 0) is 37.4 Å². The summed E-state index contributed by atoms with van der Waals surface area (Å²) in [6, 6.07) is 5.73. The van der Waals surface area contributed by atoms with Crippen LogP contribution in [-0.2, 0) is 21.1 Å². The Hall–Kier alpha value is -1.66. The van der Waals surface area contributed by atoms with Crippen LogP contribution < -0.4 is 0 Å². The van der Waals surface area contributed by atoms with Gasteiger partial charge in [0.1, 0.15) is 0 Å². The van der Waals surface area contributed by atoms with E-state index in [1.54, 1.807) is 12.3 Å². The minimum atomic E-state index is 0. The van der Waals surface area contributed by atoms with Crippen molar-refractivity contribution >= 4 is 5.57 Å². The molecular formula is C20H27N2Pt-3. The number of pyridine rings is 1. The molecule has 0 atom stereocenters. The van der Waals surface area contributed by atoms with Crippen LogP contribution in [0, 0.1) is 20.9 Å². The summed E-state index contributed by atoms with van der Waals surface area (Å²) in [6.07, 6.45) is 12.8. The topological polar surface area (TPSA) is 16.1 Å². The van der Waals surface area contributed by atoms with Crippen LogP contribution in [0.4, 0.5) is 0 Å². The molecule has 3 heteroatoms. The second-order valence-electron chi connectivity index (χ2n) is 4.30. The maximum absolute atomic E-state index is 4.27. The molecule has 1 rings (SSSR count). The Morgan fingerprint density at radius 1 is 1.30 bits per heavy atom. The monoisotopic (exact) mass is 490 g/mol. The predicted molar refractivity (Wildman–Crippen MR) is 99.4 cm³/mol. The molecule has 0 saturated carbocycles. The summed E-state index contributed by atoms with van der Waals surface area (Å²) in [5.41, 5.74) is 3.51. The molecule has 0 bridgehead atoms. The maximum atomic E-state index is 4.27. The Morgan fingerprint density at radius 3 is 2.43 bits per heavy atom. The molecule has 0 saturated heterocycles. The van der Waals surface area contributed by atoms with E-state index in [1.807, 2.05) is 62.2 Å². The number of hydrogen-bond donors (Lipinski definition) is 0. The summed E-state index contributed by atoms with van der Waals surface area (Å²) in [5.74, 6) is 0. The van der Waals surface area contributed by atoms with Gasteiger partial charge in [-0.15, -0.1) is 24.3 Å². The van der Waals surface area contributed by atoms with Gasteiger partial charge in [0.15, 0.2) is 0 Å². The molecule has 0 aromatic carbocycles. The van der Waals surface area contributed by atoms with Crippen LogP contribution in [-0.4, -0.2) is 16.9 Å². The third-order valence-corrected chi connectivity index (χ3v) is 2.87. The second kappa shape index (κ2) is 14.0.